The van der Waals surface area contributed by atoms with E-state index in [4.69, 9.17) is 0 Å². The van der Waals surface area contributed by atoms with Crippen molar-refractivity contribution >= 4 is 27.1 Å². The SMILES string of the molecule is CCCCCCCC/C=C\CCCCCCCCCCCC(=O)[O-].[CH3][Sn+][CH3]. The molecular weight excluding hydrogens is 439 g/mol. The maximum absolute atomic E-state index is 10.3. The van der Waals surface area contributed by atoms with Gasteiger partial charge in [-0.3, -0.25) is 0 Å². The van der Waals surface area contributed by atoms with Crippen LogP contribution >= 0.6 is 0 Å². The van der Waals surface area contributed by atoms with E-state index >= 15 is 0 Å². The van der Waals surface area contributed by atoms with Gasteiger partial charge in [-0.25, -0.2) is 0 Å². The van der Waals surface area contributed by atoms with Crippen molar-refractivity contribution in [2.45, 2.75) is 132 Å². The molecule has 0 unspecified atom stereocenters. The van der Waals surface area contributed by atoms with Crippen molar-refractivity contribution in [1.29, 1.82) is 0 Å². The summed E-state index contributed by atoms with van der Waals surface area (Å²) < 4.78 is 0. The number of hydrogen-bond donors (Lipinski definition) is 0. The Morgan fingerprint density at radius 2 is 1.00 bits per heavy atom. The molecule has 3 heteroatoms. The second kappa shape index (κ2) is 28.2. The Bertz CT molecular complexity index is 303. The first-order valence-corrected chi connectivity index (χ1v) is 17.3. The second-order valence-electron chi connectivity index (χ2n) is 7.62. The average molecular weight is 486 g/mol. The Balaban J connectivity index is 0. The van der Waals surface area contributed by atoms with E-state index in [0.29, 0.717) is 0 Å². The zero-order valence-electron chi connectivity index (χ0n) is 18.7. The molecule has 2 nitrogen and oxygen atoms in total. The molecule has 0 heterocycles. The fourth-order valence-electron chi connectivity index (χ4n) is 3.05. The summed E-state index contributed by atoms with van der Waals surface area (Å²) in [5.41, 5.74) is 0. The van der Waals surface area contributed by atoms with Crippen LogP contribution in [0.1, 0.15) is 122 Å². The summed E-state index contributed by atoms with van der Waals surface area (Å²) in [5, 5.41) is 10.3. The third-order valence-corrected chi connectivity index (χ3v) is 4.64. The molecule has 0 aromatic heterocycles. The number of aliphatic carboxylic acids is 1. The van der Waals surface area contributed by atoms with Crippen molar-refractivity contribution in [1.82, 2.24) is 0 Å². The molecular formula is C24H47O2Sn. The molecule has 0 bridgehead atoms. The number of allylic oxidation sites excluding steroid dienone is 2. The number of unbranched alkanes of at least 4 members (excludes halogenated alkanes) is 15. The number of carbonyl (C=O) groups is 1. The first-order chi connectivity index (χ1) is 13.2. The Morgan fingerprint density at radius 3 is 1.37 bits per heavy atom. The molecule has 1 radical (unpaired) electrons. The van der Waals surface area contributed by atoms with Crippen LogP contribution in [0.25, 0.3) is 0 Å². The van der Waals surface area contributed by atoms with Crippen molar-refractivity contribution in [3.63, 3.8) is 0 Å². The molecule has 0 atom stereocenters. The van der Waals surface area contributed by atoms with Gasteiger partial charge in [-0.05, 0) is 38.5 Å². The second-order valence-corrected chi connectivity index (χ2v) is 10.5. The third kappa shape index (κ3) is 34.0. The van der Waals surface area contributed by atoms with E-state index in [9.17, 15) is 9.90 Å². The van der Waals surface area contributed by atoms with Crippen LogP contribution in [0, 0.1) is 0 Å². The van der Waals surface area contributed by atoms with Gasteiger partial charge in [0.05, 0.1) is 0 Å². The van der Waals surface area contributed by atoms with Gasteiger partial charge in [-0.15, -0.1) is 0 Å². The molecule has 0 amide bonds. The molecule has 0 N–H and O–H groups in total. The molecule has 0 fully saturated rings. The van der Waals surface area contributed by atoms with Crippen LogP contribution in [-0.2, 0) is 4.79 Å². The van der Waals surface area contributed by atoms with Crippen LogP contribution in [0.3, 0.4) is 0 Å². The van der Waals surface area contributed by atoms with Crippen LogP contribution in [0.2, 0.25) is 9.88 Å². The fourth-order valence-corrected chi connectivity index (χ4v) is 3.05. The normalized spacial score (nSPS) is 10.6. The van der Waals surface area contributed by atoms with Gasteiger partial charge >= 0.3 is 31.0 Å². The Kier molecular flexibility index (Phi) is 30.5. The summed E-state index contributed by atoms with van der Waals surface area (Å²) in [7, 11) is 0. The van der Waals surface area contributed by atoms with Gasteiger partial charge < -0.3 is 9.90 Å². The van der Waals surface area contributed by atoms with Gasteiger partial charge in [0.2, 0.25) is 0 Å². The molecule has 0 aromatic rings. The van der Waals surface area contributed by atoms with Crippen LogP contribution < -0.4 is 5.11 Å². The molecule has 0 aliphatic rings. The maximum atomic E-state index is 10.3. The quantitative estimate of drug-likeness (QED) is 0.111. The molecule has 0 aromatic carbocycles. The van der Waals surface area contributed by atoms with E-state index < -0.39 is 5.97 Å². The van der Waals surface area contributed by atoms with Crippen molar-refractivity contribution < 1.29 is 9.90 Å². The minimum absolute atomic E-state index is 0.229. The van der Waals surface area contributed by atoms with E-state index in [2.05, 4.69) is 29.0 Å². The van der Waals surface area contributed by atoms with Crippen LogP contribution in [0.5, 0.6) is 0 Å². The average Bonchev–Trinajstić information content (AvgIpc) is 2.64. The van der Waals surface area contributed by atoms with Crippen molar-refractivity contribution in [2.75, 3.05) is 0 Å². The number of rotatable bonds is 19. The monoisotopic (exact) mass is 487 g/mol. The van der Waals surface area contributed by atoms with E-state index in [0.717, 1.165) is 12.8 Å². The zero-order chi connectivity index (χ0) is 20.4. The topological polar surface area (TPSA) is 40.1 Å². The number of carbonyl (C=O) groups excluding carboxylic acids is 1. The predicted octanol–water partition coefficient (Wildman–Crippen LogP) is 7.12. The molecule has 0 saturated heterocycles. The predicted molar refractivity (Wildman–Crippen MR) is 120 cm³/mol. The van der Waals surface area contributed by atoms with Gasteiger partial charge in [0.1, 0.15) is 0 Å². The molecule has 27 heavy (non-hydrogen) atoms. The molecule has 0 aliphatic carbocycles. The summed E-state index contributed by atoms with van der Waals surface area (Å²) in [6.45, 7) is 2.27. The first-order valence-electron chi connectivity index (χ1n) is 11.6. The van der Waals surface area contributed by atoms with Crippen molar-refractivity contribution in [3.8, 4) is 0 Å². The zero-order valence-corrected chi connectivity index (χ0v) is 21.6. The van der Waals surface area contributed by atoms with Gasteiger partial charge in [-0.2, -0.15) is 0 Å². The summed E-state index contributed by atoms with van der Waals surface area (Å²) in [4.78, 5) is 14.9. The summed E-state index contributed by atoms with van der Waals surface area (Å²) in [6, 6.07) is 0. The van der Waals surface area contributed by atoms with Gasteiger partial charge in [-0.1, -0.05) is 96.1 Å². The van der Waals surface area contributed by atoms with Gasteiger partial charge in [0.25, 0.3) is 0 Å². The van der Waals surface area contributed by atoms with Gasteiger partial charge in [0.15, 0.2) is 0 Å². The molecule has 0 aliphatic heterocycles. The van der Waals surface area contributed by atoms with E-state index in [1.54, 1.807) is 0 Å². The molecule has 0 saturated carbocycles. The fraction of sp³-hybridized carbons (Fsp3) is 0.875. The van der Waals surface area contributed by atoms with E-state index in [-0.39, 0.29) is 27.6 Å². The number of hydrogen-bond acceptors (Lipinski definition) is 2. The van der Waals surface area contributed by atoms with Crippen molar-refractivity contribution in [3.05, 3.63) is 12.2 Å². The van der Waals surface area contributed by atoms with Crippen LogP contribution in [-0.4, -0.2) is 27.1 Å². The first kappa shape index (κ1) is 29.2. The number of carboxylic acid groups (broad SMARTS) is 1. The van der Waals surface area contributed by atoms with E-state index in [1.165, 1.54) is 96.3 Å². The molecule has 0 rings (SSSR count). The summed E-state index contributed by atoms with van der Waals surface area (Å²) in [6.07, 6.45) is 26.8. The Morgan fingerprint density at radius 1 is 0.667 bits per heavy atom. The van der Waals surface area contributed by atoms with Crippen LogP contribution in [0.15, 0.2) is 12.2 Å². The van der Waals surface area contributed by atoms with Gasteiger partial charge in [0, 0.05) is 5.97 Å². The Hall–Kier alpha value is 0.00870. The molecule has 0 spiro atoms. The van der Waals surface area contributed by atoms with Crippen LogP contribution in [0.4, 0.5) is 0 Å². The summed E-state index contributed by atoms with van der Waals surface area (Å²) >= 11 is 0.230. The third-order valence-electron chi connectivity index (χ3n) is 4.64. The standard InChI is InChI=1S/C22H42O2.2CH3.Sn/c1-2-3-4-5-6-7-8-9-10-11-12-13-14-15-16-17-18-19-20-21-22(23)24;;;/h9-10H,2-8,11-21H2,1H3,(H,23,24);2*1H3;/q;;;+1/p-1/b10-9-;;;. The minimum atomic E-state index is -0.906. The van der Waals surface area contributed by atoms with Crippen molar-refractivity contribution in [2.24, 2.45) is 0 Å². The number of carboxylic acids is 1. The summed E-state index contributed by atoms with van der Waals surface area (Å²) in [5.74, 6) is -0.906. The molecule has 159 valence electrons. The van der Waals surface area contributed by atoms with E-state index in [1.807, 2.05) is 0 Å². The Labute approximate surface area is 181 Å².